The average molecular weight is 264 g/mol. The number of sulfone groups is 1. The third-order valence-electron chi connectivity index (χ3n) is 2.44. The Labute approximate surface area is 101 Å². The Bertz CT molecular complexity index is 418. The summed E-state index contributed by atoms with van der Waals surface area (Å²) in [6, 6.07) is 1.61. The molecule has 0 bridgehead atoms. The summed E-state index contributed by atoms with van der Waals surface area (Å²) in [5, 5.41) is 3.08. The molecule has 0 spiro atoms. The Morgan fingerprint density at radius 3 is 2.62 bits per heavy atom. The SMILES string of the molecule is Cl.O=S(=O)(CC1CCNC1)c1ncccn1. The van der Waals surface area contributed by atoms with Gasteiger partial charge >= 0.3 is 0 Å². The molecule has 0 aliphatic carbocycles. The maximum absolute atomic E-state index is 11.8. The third kappa shape index (κ3) is 3.13. The first kappa shape index (κ1) is 13.3. The summed E-state index contributed by atoms with van der Waals surface area (Å²) < 4.78 is 23.7. The van der Waals surface area contributed by atoms with Gasteiger partial charge in [0.1, 0.15) is 0 Å². The Morgan fingerprint density at radius 2 is 2.06 bits per heavy atom. The summed E-state index contributed by atoms with van der Waals surface area (Å²) >= 11 is 0. The molecular formula is C9H14ClN3O2S. The molecule has 2 heterocycles. The number of nitrogens with one attached hydrogen (secondary N) is 1. The molecule has 1 aromatic heterocycles. The van der Waals surface area contributed by atoms with E-state index in [4.69, 9.17) is 0 Å². The molecule has 1 fully saturated rings. The first-order chi connectivity index (χ1) is 7.18. The molecular weight excluding hydrogens is 250 g/mol. The van der Waals surface area contributed by atoms with Crippen molar-refractivity contribution < 1.29 is 8.42 Å². The van der Waals surface area contributed by atoms with Crippen LogP contribution in [0.2, 0.25) is 0 Å². The Balaban J connectivity index is 0.00000128. The quantitative estimate of drug-likeness (QED) is 0.794. The van der Waals surface area contributed by atoms with Crippen molar-refractivity contribution in [3.63, 3.8) is 0 Å². The van der Waals surface area contributed by atoms with Gasteiger partial charge in [0.05, 0.1) is 5.75 Å². The van der Waals surface area contributed by atoms with E-state index in [1.165, 1.54) is 12.4 Å². The molecule has 16 heavy (non-hydrogen) atoms. The number of aromatic nitrogens is 2. The van der Waals surface area contributed by atoms with E-state index >= 15 is 0 Å². The number of nitrogens with zero attached hydrogens (tertiary/aromatic N) is 2. The summed E-state index contributed by atoms with van der Waals surface area (Å²) in [5.41, 5.74) is 0. The van der Waals surface area contributed by atoms with Gasteiger partial charge in [-0.05, 0) is 31.5 Å². The van der Waals surface area contributed by atoms with Crippen LogP contribution in [0.4, 0.5) is 0 Å². The molecule has 1 atom stereocenters. The minimum Gasteiger partial charge on any atom is -0.316 e. The van der Waals surface area contributed by atoms with Gasteiger partial charge in [0, 0.05) is 12.4 Å². The van der Waals surface area contributed by atoms with Crippen LogP contribution in [0.1, 0.15) is 6.42 Å². The second-order valence-electron chi connectivity index (χ2n) is 3.67. The highest BCUT2D eigenvalue weighted by Gasteiger charge is 2.25. The topological polar surface area (TPSA) is 72.0 Å². The molecule has 1 aromatic rings. The second kappa shape index (κ2) is 5.56. The molecule has 1 saturated heterocycles. The maximum atomic E-state index is 11.8. The van der Waals surface area contributed by atoms with Crippen molar-refractivity contribution in [3.8, 4) is 0 Å². The normalized spacial score (nSPS) is 20.4. The minimum atomic E-state index is -3.31. The molecule has 90 valence electrons. The van der Waals surface area contributed by atoms with Crippen molar-refractivity contribution in [2.24, 2.45) is 5.92 Å². The van der Waals surface area contributed by atoms with Crippen molar-refractivity contribution in [3.05, 3.63) is 18.5 Å². The molecule has 0 aromatic carbocycles. The van der Waals surface area contributed by atoms with Gasteiger partial charge in [0.25, 0.3) is 0 Å². The van der Waals surface area contributed by atoms with E-state index in [0.717, 1.165) is 19.5 Å². The van der Waals surface area contributed by atoms with Gasteiger partial charge in [-0.15, -0.1) is 12.4 Å². The fourth-order valence-corrected chi connectivity index (χ4v) is 3.18. The Morgan fingerprint density at radius 1 is 1.38 bits per heavy atom. The van der Waals surface area contributed by atoms with E-state index in [9.17, 15) is 8.42 Å². The first-order valence-electron chi connectivity index (χ1n) is 4.89. The van der Waals surface area contributed by atoms with Gasteiger partial charge in [-0.3, -0.25) is 0 Å². The number of hydrogen-bond acceptors (Lipinski definition) is 5. The van der Waals surface area contributed by atoms with Gasteiger partial charge in [-0.1, -0.05) is 0 Å². The summed E-state index contributed by atoms with van der Waals surface area (Å²) in [7, 11) is -3.31. The zero-order valence-electron chi connectivity index (χ0n) is 8.67. The van der Waals surface area contributed by atoms with Crippen LogP contribution in [0.25, 0.3) is 0 Å². The van der Waals surface area contributed by atoms with Gasteiger partial charge in [-0.2, -0.15) is 0 Å². The molecule has 1 aliphatic heterocycles. The monoisotopic (exact) mass is 263 g/mol. The lowest BCUT2D eigenvalue weighted by Crippen LogP contribution is -2.20. The highest BCUT2D eigenvalue weighted by Crippen LogP contribution is 2.14. The largest absolute Gasteiger partial charge is 0.316 e. The maximum Gasteiger partial charge on any atom is 0.247 e. The molecule has 1 aliphatic rings. The van der Waals surface area contributed by atoms with Gasteiger partial charge in [0.2, 0.25) is 15.0 Å². The number of hydrogen-bond donors (Lipinski definition) is 1. The van der Waals surface area contributed by atoms with Crippen molar-refractivity contribution in [2.45, 2.75) is 11.6 Å². The molecule has 0 amide bonds. The van der Waals surface area contributed by atoms with Crippen molar-refractivity contribution >= 4 is 22.2 Å². The third-order valence-corrected chi connectivity index (χ3v) is 4.12. The molecule has 5 nitrogen and oxygen atoms in total. The molecule has 0 saturated carbocycles. The van der Waals surface area contributed by atoms with Crippen LogP contribution in [0, 0.1) is 5.92 Å². The van der Waals surface area contributed by atoms with Crippen LogP contribution >= 0.6 is 12.4 Å². The summed E-state index contributed by atoms with van der Waals surface area (Å²) in [6.45, 7) is 1.67. The van der Waals surface area contributed by atoms with E-state index in [1.807, 2.05) is 0 Å². The second-order valence-corrected chi connectivity index (χ2v) is 5.60. The van der Waals surface area contributed by atoms with Crippen LogP contribution < -0.4 is 5.32 Å². The van der Waals surface area contributed by atoms with Crippen molar-refractivity contribution in [1.82, 2.24) is 15.3 Å². The van der Waals surface area contributed by atoms with Crippen LogP contribution in [-0.2, 0) is 9.84 Å². The Hall–Kier alpha value is -0.720. The average Bonchev–Trinajstić information content (AvgIpc) is 2.71. The van der Waals surface area contributed by atoms with Gasteiger partial charge in [0.15, 0.2) is 0 Å². The lowest BCUT2D eigenvalue weighted by atomic mass is 10.2. The van der Waals surface area contributed by atoms with Crippen LogP contribution in [0.3, 0.4) is 0 Å². The predicted molar refractivity (Wildman–Crippen MR) is 62.3 cm³/mol. The lowest BCUT2D eigenvalue weighted by Gasteiger charge is -2.07. The lowest BCUT2D eigenvalue weighted by molar-refractivity contribution is 0.562. The zero-order chi connectivity index (χ0) is 10.7. The molecule has 1 N–H and O–H groups in total. The Kier molecular flexibility index (Phi) is 4.64. The van der Waals surface area contributed by atoms with E-state index in [2.05, 4.69) is 15.3 Å². The summed E-state index contributed by atoms with van der Waals surface area (Å²) in [4.78, 5) is 7.55. The molecule has 2 rings (SSSR count). The van der Waals surface area contributed by atoms with Crippen LogP contribution in [-0.4, -0.2) is 37.2 Å². The standard InChI is InChI=1S/C9H13N3O2S.ClH/c13-15(14,7-8-2-5-10-6-8)9-11-3-1-4-12-9;/h1,3-4,8,10H,2,5-7H2;1H. The highest BCUT2D eigenvalue weighted by atomic mass is 35.5. The zero-order valence-corrected chi connectivity index (χ0v) is 10.3. The van der Waals surface area contributed by atoms with E-state index in [1.54, 1.807) is 6.07 Å². The fourth-order valence-electron chi connectivity index (χ4n) is 1.69. The van der Waals surface area contributed by atoms with Crippen LogP contribution in [0.15, 0.2) is 23.6 Å². The fraction of sp³-hybridized carbons (Fsp3) is 0.556. The minimum absolute atomic E-state index is 0. The van der Waals surface area contributed by atoms with E-state index in [0.29, 0.717) is 0 Å². The molecule has 0 radical (unpaired) electrons. The summed E-state index contributed by atoms with van der Waals surface area (Å²) in [6.07, 6.45) is 3.81. The highest BCUT2D eigenvalue weighted by molar-refractivity contribution is 7.91. The summed E-state index contributed by atoms with van der Waals surface area (Å²) in [5.74, 6) is 0.336. The predicted octanol–water partition coefficient (Wildman–Crippen LogP) is 0.282. The van der Waals surface area contributed by atoms with Crippen molar-refractivity contribution in [2.75, 3.05) is 18.8 Å². The number of halogens is 1. The van der Waals surface area contributed by atoms with Gasteiger partial charge in [-0.25, -0.2) is 18.4 Å². The molecule has 7 heteroatoms. The first-order valence-corrected chi connectivity index (χ1v) is 6.54. The van der Waals surface area contributed by atoms with E-state index < -0.39 is 9.84 Å². The van der Waals surface area contributed by atoms with Crippen molar-refractivity contribution in [1.29, 1.82) is 0 Å². The smallest absolute Gasteiger partial charge is 0.247 e. The number of rotatable bonds is 3. The van der Waals surface area contributed by atoms with Crippen LogP contribution in [0.5, 0.6) is 0 Å². The molecule has 1 unspecified atom stereocenters. The van der Waals surface area contributed by atoms with Gasteiger partial charge < -0.3 is 5.32 Å². The van der Waals surface area contributed by atoms with E-state index in [-0.39, 0.29) is 29.2 Å².